The highest BCUT2D eigenvalue weighted by molar-refractivity contribution is 5.97. The number of carboxylic acid groups (broad SMARTS) is 1. The minimum atomic E-state index is -0.838. The second-order valence-corrected chi connectivity index (χ2v) is 5.57. The number of esters is 1. The Hall–Kier alpha value is -3.34. The Morgan fingerprint density at radius 1 is 1.19 bits per heavy atom. The number of aliphatic carboxylic acids is 1. The SMILES string of the molecule is CCOC(=O)c1ccc(N/C=C(/C#N)C(=O)NCCCCCC(=O)O)cc1. The summed E-state index contributed by atoms with van der Waals surface area (Å²) in [6, 6.07) is 8.26. The van der Waals surface area contributed by atoms with E-state index < -0.39 is 17.8 Å². The number of carbonyl (C=O) groups excluding carboxylic acids is 2. The van der Waals surface area contributed by atoms with Gasteiger partial charge in [-0.15, -0.1) is 0 Å². The molecule has 1 amide bonds. The highest BCUT2D eigenvalue weighted by Crippen LogP contribution is 2.11. The third-order valence-electron chi connectivity index (χ3n) is 3.50. The van der Waals surface area contributed by atoms with Crippen molar-refractivity contribution in [3.63, 3.8) is 0 Å². The second kappa shape index (κ2) is 12.1. The lowest BCUT2D eigenvalue weighted by molar-refractivity contribution is -0.137. The molecule has 144 valence electrons. The molecule has 0 unspecified atom stereocenters. The highest BCUT2D eigenvalue weighted by atomic mass is 16.5. The molecule has 0 aliphatic carbocycles. The van der Waals surface area contributed by atoms with E-state index >= 15 is 0 Å². The smallest absolute Gasteiger partial charge is 0.338 e. The molecule has 3 N–H and O–H groups in total. The van der Waals surface area contributed by atoms with Gasteiger partial charge in [-0.3, -0.25) is 9.59 Å². The highest BCUT2D eigenvalue weighted by Gasteiger charge is 2.09. The molecule has 0 aliphatic heterocycles. The van der Waals surface area contributed by atoms with Crippen LogP contribution in [0.25, 0.3) is 0 Å². The molecule has 0 heterocycles. The molecule has 0 saturated heterocycles. The van der Waals surface area contributed by atoms with Gasteiger partial charge in [-0.2, -0.15) is 5.26 Å². The Morgan fingerprint density at radius 2 is 1.89 bits per heavy atom. The van der Waals surface area contributed by atoms with Crippen molar-refractivity contribution in [2.24, 2.45) is 0 Å². The van der Waals surface area contributed by atoms with E-state index in [4.69, 9.17) is 15.1 Å². The summed E-state index contributed by atoms with van der Waals surface area (Å²) in [5, 5.41) is 23.1. The Balaban J connectivity index is 2.47. The second-order valence-electron chi connectivity index (χ2n) is 5.57. The third-order valence-corrected chi connectivity index (χ3v) is 3.50. The number of anilines is 1. The van der Waals surface area contributed by atoms with Crippen LogP contribution in [0.2, 0.25) is 0 Å². The fourth-order valence-electron chi connectivity index (χ4n) is 2.10. The monoisotopic (exact) mass is 373 g/mol. The maximum absolute atomic E-state index is 12.0. The van der Waals surface area contributed by atoms with E-state index in [-0.39, 0.29) is 12.0 Å². The molecule has 1 rings (SSSR count). The number of unbranched alkanes of at least 4 members (excludes halogenated alkanes) is 2. The van der Waals surface area contributed by atoms with Crippen LogP contribution in [0.4, 0.5) is 5.69 Å². The van der Waals surface area contributed by atoms with Crippen LogP contribution in [0.3, 0.4) is 0 Å². The molecule has 0 bridgehead atoms. The van der Waals surface area contributed by atoms with Crippen molar-refractivity contribution in [1.82, 2.24) is 5.32 Å². The molecular weight excluding hydrogens is 350 g/mol. The van der Waals surface area contributed by atoms with Crippen molar-refractivity contribution in [2.75, 3.05) is 18.5 Å². The molecule has 0 spiro atoms. The quantitative estimate of drug-likeness (QED) is 0.235. The molecule has 1 aromatic rings. The number of hydrogen-bond acceptors (Lipinski definition) is 6. The molecule has 0 aromatic heterocycles. The zero-order chi connectivity index (χ0) is 20.1. The number of hydrogen-bond donors (Lipinski definition) is 3. The Bertz CT molecular complexity index is 720. The zero-order valence-corrected chi connectivity index (χ0v) is 15.2. The minimum absolute atomic E-state index is 0.0880. The third kappa shape index (κ3) is 8.54. The average molecular weight is 373 g/mol. The Labute approximate surface area is 157 Å². The van der Waals surface area contributed by atoms with Crippen LogP contribution in [0, 0.1) is 11.3 Å². The number of nitrogens with one attached hydrogen (secondary N) is 2. The lowest BCUT2D eigenvalue weighted by Crippen LogP contribution is -2.26. The predicted molar refractivity (Wildman–Crippen MR) is 98.8 cm³/mol. The number of nitrogens with zero attached hydrogens (tertiary/aromatic N) is 1. The van der Waals surface area contributed by atoms with Crippen LogP contribution in [0.5, 0.6) is 0 Å². The van der Waals surface area contributed by atoms with Gasteiger partial charge in [0.25, 0.3) is 5.91 Å². The molecule has 0 atom stereocenters. The molecule has 0 fully saturated rings. The summed E-state index contributed by atoms with van der Waals surface area (Å²) in [4.78, 5) is 33.9. The first-order valence-electron chi connectivity index (χ1n) is 8.62. The standard InChI is InChI=1S/C19H23N3O5/c1-2-27-19(26)14-7-9-16(10-8-14)22-13-15(12-20)18(25)21-11-5-3-4-6-17(23)24/h7-10,13,22H,2-6,11H2,1H3,(H,21,25)(H,23,24)/b15-13-. The number of carboxylic acids is 1. The summed E-state index contributed by atoms with van der Waals surface area (Å²) in [5.74, 6) is -1.76. The molecule has 1 aromatic carbocycles. The van der Waals surface area contributed by atoms with Crippen LogP contribution < -0.4 is 10.6 Å². The topological polar surface area (TPSA) is 129 Å². The molecule has 8 nitrogen and oxygen atoms in total. The van der Waals surface area contributed by atoms with Gasteiger partial charge >= 0.3 is 11.9 Å². The lowest BCUT2D eigenvalue weighted by Gasteiger charge is -2.06. The number of carbonyl (C=O) groups is 3. The number of nitriles is 1. The van der Waals surface area contributed by atoms with E-state index in [1.165, 1.54) is 6.20 Å². The summed E-state index contributed by atoms with van der Waals surface area (Å²) in [6.45, 7) is 2.39. The number of amides is 1. The van der Waals surface area contributed by atoms with E-state index in [0.29, 0.717) is 43.7 Å². The van der Waals surface area contributed by atoms with Crippen LogP contribution >= 0.6 is 0 Å². The van der Waals surface area contributed by atoms with Gasteiger partial charge < -0.3 is 20.5 Å². The minimum Gasteiger partial charge on any atom is -0.481 e. The summed E-state index contributed by atoms with van der Waals surface area (Å²) in [7, 11) is 0. The Kier molecular flexibility index (Phi) is 9.71. The maximum Gasteiger partial charge on any atom is 0.338 e. The van der Waals surface area contributed by atoms with E-state index in [1.54, 1.807) is 31.2 Å². The van der Waals surface area contributed by atoms with Crippen molar-refractivity contribution in [3.05, 3.63) is 41.6 Å². The molecule has 27 heavy (non-hydrogen) atoms. The summed E-state index contributed by atoms with van der Waals surface area (Å²) in [5.41, 5.74) is 0.930. The molecular formula is C19H23N3O5. The van der Waals surface area contributed by atoms with Crippen molar-refractivity contribution in [1.29, 1.82) is 5.26 Å². The van der Waals surface area contributed by atoms with Gasteiger partial charge in [-0.05, 0) is 44.0 Å². The molecule has 0 radical (unpaired) electrons. The van der Waals surface area contributed by atoms with Gasteiger partial charge in [0.05, 0.1) is 12.2 Å². The van der Waals surface area contributed by atoms with Gasteiger partial charge in [-0.25, -0.2) is 4.79 Å². The van der Waals surface area contributed by atoms with Gasteiger partial charge in [-0.1, -0.05) is 6.42 Å². The van der Waals surface area contributed by atoms with Crippen molar-refractivity contribution < 1.29 is 24.2 Å². The zero-order valence-electron chi connectivity index (χ0n) is 15.2. The summed E-state index contributed by atoms with van der Waals surface area (Å²) >= 11 is 0. The van der Waals surface area contributed by atoms with Crippen LogP contribution in [0.1, 0.15) is 43.0 Å². The van der Waals surface area contributed by atoms with Crippen LogP contribution in [-0.2, 0) is 14.3 Å². The van der Waals surface area contributed by atoms with Crippen LogP contribution in [0.15, 0.2) is 36.0 Å². The van der Waals surface area contributed by atoms with E-state index in [1.807, 2.05) is 6.07 Å². The van der Waals surface area contributed by atoms with Gasteiger partial charge in [0, 0.05) is 24.9 Å². The van der Waals surface area contributed by atoms with E-state index in [0.717, 1.165) is 0 Å². The largest absolute Gasteiger partial charge is 0.481 e. The number of rotatable bonds is 11. The molecule has 0 saturated carbocycles. The predicted octanol–water partition coefficient (Wildman–Crippen LogP) is 2.44. The fraction of sp³-hybridized carbons (Fsp3) is 0.368. The first-order valence-corrected chi connectivity index (χ1v) is 8.62. The fourth-order valence-corrected chi connectivity index (χ4v) is 2.10. The molecule has 8 heteroatoms. The van der Waals surface area contributed by atoms with Crippen molar-refractivity contribution in [3.8, 4) is 6.07 Å². The molecule has 0 aliphatic rings. The van der Waals surface area contributed by atoms with Crippen molar-refractivity contribution >= 4 is 23.5 Å². The van der Waals surface area contributed by atoms with Gasteiger partial charge in [0.2, 0.25) is 0 Å². The van der Waals surface area contributed by atoms with E-state index in [9.17, 15) is 14.4 Å². The maximum atomic E-state index is 12.0. The first kappa shape index (κ1) is 21.7. The van der Waals surface area contributed by atoms with E-state index in [2.05, 4.69) is 10.6 Å². The average Bonchev–Trinajstić information content (AvgIpc) is 2.65. The summed E-state index contributed by atoms with van der Waals surface area (Å²) < 4.78 is 4.89. The number of ether oxygens (including phenoxy) is 1. The normalized spacial score (nSPS) is 10.6. The number of benzene rings is 1. The lowest BCUT2D eigenvalue weighted by atomic mass is 10.2. The van der Waals surface area contributed by atoms with Gasteiger partial charge in [0.15, 0.2) is 0 Å². The first-order chi connectivity index (χ1) is 13.0. The Morgan fingerprint density at radius 3 is 2.48 bits per heavy atom. The van der Waals surface area contributed by atoms with Gasteiger partial charge in [0.1, 0.15) is 11.6 Å². The van der Waals surface area contributed by atoms with Crippen molar-refractivity contribution in [2.45, 2.75) is 32.6 Å². The summed E-state index contributed by atoms with van der Waals surface area (Å²) in [6.07, 6.45) is 3.27. The van der Waals surface area contributed by atoms with Crippen LogP contribution in [-0.4, -0.2) is 36.1 Å².